The summed E-state index contributed by atoms with van der Waals surface area (Å²) in [5.41, 5.74) is 1.50. The van der Waals surface area contributed by atoms with Crippen molar-refractivity contribution in [2.24, 2.45) is 0 Å². The normalized spacial score (nSPS) is 15.5. The monoisotopic (exact) mass is 270 g/mol. The Bertz CT molecular complexity index is 337. The molecule has 0 aliphatic heterocycles. The third kappa shape index (κ3) is 6.76. The van der Waals surface area contributed by atoms with Gasteiger partial charge in [0.25, 0.3) is 0 Å². The number of carbonyl (C=O) groups excluding carboxylic acids is 1. The van der Waals surface area contributed by atoms with E-state index in [0.717, 1.165) is 12.8 Å². The maximum Gasteiger partial charge on any atom is 0.333 e. The first-order valence-corrected chi connectivity index (χ1v) is 9.86. The van der Waals surface area contributed by atoms with Crippen LogP contribution in [-0.4, -0.2) is 32.0 Å². The summed E-state index contributed by atoms with van der Waals surface area (Å²) in [6.45, 7) is 10.2. The minimum atomic E-state index is -1.52. The number of aliphatic hydroxyl groups is 1. The van der Waals surface area contributed by atoms with Crippen LogP contribution in [0.2, 0.25) is 19.6 Å². The van der Waals surface area contributed by atoms with Crippen LogP contribution in [0.5, 0.6) is 0 Å². The molecule has 4 heteroatoms. The van der Waals surface area contributed by atoms with E-state index in [-0.39, 0.29) is 11.7 Å². The highest BCUT2D eigenvalue weighted by Crippen LogP contribution is 2.14. The second kappa shape index (κ2) is 7.54. The van der Waals surface area contributed by atoms with Crippen LogP contribution in [0.25, 0.3) is 0 Å². The predicted octanol–water partition coefficient (Wildman–Crippen LogP) is 3.07. The van der Waals surface area contributed by atoms with E-state index < -0.39 is 8.07 Å². The van der Waals surface area contributed by atoms with E-state index in [9.17, 15) is 9.90 Å². The van der Waals surface area contributed by atoms with Gasteiger partial charge in [0.1, 0.15) is 0 Å². The minimum absolute atomic E-state index is 0.279. The van der Waals surface area contributed by atoms with E-state index >= 15 is 0 Å². The number of ether oxygens (including phenoxy) is 1. The molecule has 0 fully saturated rings. The molecular formula is C14H26O3Si. The maximum absolute atomic E-state index is 11.2. The predicted molar refractivity (Wildman–Crippen MR) is 78.1 cm³/mol. The summed E-state index contributed by atoms with van der Waals surface area (Å²) < 4.78 is 4.62. The first-order valence-electron chi connectivity index (χ1n) is 6.29. The van der Waals surface area contributed by atoms with Gasteiger partial charge in [0.15, 0.2) is 0 Å². The van der Waals surface area contributed by atoms with E-state index in [1.165, 1.54) is 12.7 Å². The number of aliphatic hydroxyl groups excluding tert-OH is 1. The van der Waals surface area contributed by atoms with Gasteiger partial charge in [0, 0.05) is 5.57 Å². The van der Waals surface area contributed by atoms with Gasteiger partial charge in [-0.1, -0.05) is 37.4 Å². The Hall–Kier alpha value is -0.873. The van der Waals surface area contributed by atoms with Crippen LogP contribution in [0.15, 0.2) is 23.3 Å². The molecule has 0 bridgehead atoms. The molecule has 0 aromatic carbocycles. The molecule has 0 aliphatic carbocycles. The van der Waals surface area contributed by atoms with Crippen LogP contribution in [0.3, 0.4) is 0 Å². The average Bonchev–Trinajstić information content (AvgIpc) is 2.26. The molecule has 0 saturated carbocycles. The van der Waals surface area contributed by atoms with Crippen molar-refractivity contribution in [3.63, 3.8) is 0 Å². The number of esters is 1. The number of methoxy groups -OCH3 is 1. The first kappa shape index (κ1) is 17.1. The van der Waals surface area contributed by atoms with Crippen molar-refractivity contribution < 1.29 is 14.6 Å². The van der Waals surface area contributed by atoms with Gasteiger partial charge in [-0.2, -0.15) is 0 Å². The second-order valence-corrected chi connectivity index (χ2v) is 11.1. The van der Waals surface area contributed by atoms with Crippen LogP contribution in [0.4, 0.5) is 0 Å². The van der Waals surface area contributed by atoms with Crippen molar-refractivity contribution in [2.75, 3.05) is 7.11 Å². The summed E-state index contributed by atoms with van der Waals surface area (Å²) in [7, 11) is -0.134. The minimum Gasteiger partial charge on any atom is -0.466 e. The topological polar surface area (TPSA) is 46.5 Å². The Morgan fingerprint density at radius 3 is 2.33 bits per heavy atom. The number of allylic oxidation sites excluding steroid dienone is 2. The Labute approximate surface area is 112 Å². The number of rotatable bonds is 6. The SMILES string of the molecule is COC(=O)/C(C)=C\CC/C(C)=C/[C@H](O)[Si](C)(C)C. The molecule has 0 rings (SSSR count). The first-order chi connectivity index (χ1) is 8.18. The largest absolute Gasteiger partial charge is 0.466 e. The molecule has 3 nitrogen and oxygen atoms in total. The van der Waals surface area contributed by atoms with Gasteiger partial charge in [0.2, 0.25) is 0 Å². The zero-order valence-corrected chi connectivity index (χ0v) is 13.4. The van der Waals surface area contributed by atoms with Crippen molar-refractivity contribution in [1.29, 1.82) is 0 Å². The molecule has 0 radical (unpaired) electrons. The lowest BCUT2D eigenvalue weighted by Crippen LogP contribution is -2.36. The summed E-state index contributed by atoms with van der Waals surface area (Å²) in [5.74, 6) is -0.279. The van der Waals surface area contributed by atoms with E-state index in [1.807, 2.05) is 19.1 Å². The lowest BCUT2D eigenvalue weighted by Gasteiger charge is -2.21. The third-order valence-corrected chi connectivity index (χ3v) is 4.77. The Balaban J connectivity index is 4.31. The maximum atomic E-state index is 11.2. The van der Waals surface area contributed by atoms with Crippen LogP contribution in [-0.2, 0) is 9.53 Å². The molecule has 0 saturated heterocycles. The molecule has 1 N–H and O–H groups in total. The Morgan fingerprint density at radius 2 is 1.89 bits per heavy atom. The fourth-order valence-electron chi connectivity index (χ4n) is 1.36. The fourth-order valence-corrected chi connectivity index (χ4v) is 2.15. The molecule has 0 spiro atoms. The molecule has 0 aliphatic rings. The van der Waals surface area contributed by atoms with Gasteiger partial charge in [-0.15, -0.1) is 0 Å². The smallest absolute Gasteiger partial charge is 0.333 e. The van der Waals surface area contributed by atoms with Gasteiger partial charge < -0.3 is 9.84 Å². The zero-order chi connectivity index (χ0) is 14.3. The molecule has 0 heterocycles. The van der Waals surface area contributed by atoms with Gasteiger partial charge in [0.05, 0.1) is 20.9 Å². The number of hydrogen-bond acceptors (Lipinski definition) is 3. The van der Waals surface area contributed by atoms with E-state index in [0.29, 0.717) is 5.57 Å². The summed E-state index contributed by atoms with van der Waals surface area (Å²) in [4.78, 5) is 11.2. The third-order valence-electron chi connectivity index (χ3n) is 2.83. The quantitative estimate of drug-likeness (QED) is 0.349. The van der Waals surface area contributed by atoms with Crippen molar-refractivity contribution in [3.8, 4) is 0 Å². The molecule has 0 unspecified atom stereocenters. The summed E-state index contributed by atoms with van der Waals surface area (Å²) in [6, 6.07) is 0. The van der Waals surface area contributed by atoms with E-state index in [2.05, 4.69) is 24.4 Å². The van der Waals surface area contributed by atoms with Crippen LogP contribution in [0, 0.1) is 0 Å². The van der Waals surface area contributed by atoms with Gasteiger partial charge in [-0.05, 0) is 26.7 Å². The van der Waals surface area contributed by atoms with Gasteiger partial charge >= 0.3 is 5.97 Å². The highest BCUT2D eigenvalue weighted by atomic mass is 28.3. The second-order valence-electron chi connectivity index (χ2n) is 5.74. The lowest BCUT2D eigenvalue weighted by molar-refractivity contribution is -0.136. The highest BCUT2D eigenvalue weighted by Gasteiger charge is 2.22. The highest BCUT2D eigenvalue weighted by molar-refractivity contribution is 6.77. The summed E-state index contributed by atoms with van der Waals surface area (Å²) >= 11 is 0. The molecule has 0 amide bonds. The molecule has 1 atom stereocenters. The zero-order valence-electron chi connectivity index (χ0n) is 12.4. The Morgan fingerprint density at radius 1 is 1.33 bits per heavy atom. The molecule has 0 aromatic heterocycles. The summed E-state index contributed by atoms with van der Waals surface area (Å²) in [6.07, 6.45) is 5.48. The molecular weight excluding hydrogens is 244 g/mol. The van der Waals surface area contributed by atoms with E-state index in [4.69, 9.17) is 0 Å². The van der Waals surface area contributed by atoms with Crippen molar-refractivity contribution >= 4 is 14.0 Å². The van der Waals surface area contributed by atoms with Crippen molar-refractivity contribution in [1.82, 2.24) is 0 Å². The Kier molecular flexibility index (Phi) is 7.17. The van der Waals surface area contributed by atoms with Crippen molar-refractivity contribution in [3.05, 3.63) is 23.3 Å². The van der Waals surface area contributed by atoms with E-state index in [1.54, 1.807) is 6.92 Å². The number of hydrogen-bond donors (Lipinski definition) is 1. The van der Waals surface area contributed by atoms with Gasteiger partial charge in [-0.3, -0.25) is 0 Å². The van der Waals surface area contributed by atoms with Crippen molar-refractivity contribution in [2.45, 2.75) is 52.1 Å². The molecule has 0 aromatic rings. The van der Waals surface area contributed by atoms with Crippen LogP contribution < -0.4 is 0 Å². The lowest BCUT2D eigenvalue weighted by atomic mass is 10.1. The standard InChI is InChI=1S/C14H26O3Si/c1-11(10-13(15)18(4,5)6)8-7-9-12(2)14(16)17-3/h9-10,13,15H,7-8H2,1-6H3/b11-10+,12-9-/t13-/m1/s1. The molecule has 104 valence electrons. The van der Waals surface area contributed by atoms with Gasteiger partial charge in [-0.25, -0.2) is 4.79 Å². The fraction of sp³-hybridized carbons (Fsp3) is 0.643. The number of carbonyl (C=O) groups is 1. The molecule has 18 heavy (non-hydrogen) atoms. The average molecular weight is 270 g/mol. The van der Waals surface area contributed by atoms with Crippen LogP contribution >= 0.6 is 0 Å². The summed E-state index contributed by atoms with van der Waals surface area (Å²) in [5, 5.41) is 9.99. The van der Waals surface area contributed by atoms with Crippen LogP contribution in [0.1, 0.15) is 26.7 Å².